The summed E-state index contributed by atoms with van der Waals surface area (Å²) in [6, 6.07) is 6.18. The highest BCUT2D eigenvalue weighted by molar-refractivity contribution is 9.09. The van der Waals surface area contributed by atoms with Gasteiger partial charge < -0.3 is 0 Å². The van der Waals surface area contributed by atoms with Crippen LogP contribution in [0.2, 0.25) is 5.02 Å². The third kappa shape index (κ3) is 3.66. The van der Waals surface area contributed by atoms with Gasteiger partial charge in [-0.3, -0.25) is 0 Å². The number of aryl methyl sites for hydroxylation is 1. The molecule has 0 aliphatic heterocycles. The first-order chi connectivity index (χ1) is 7.04. The van der Waals surface area contributed by atoms with Gasteiger partial charge in [-0.05, 0) is 30.0 Å². The molecule has 0 aliphatic carbocycles. The molecule has 1 aromatic carbocycles. The van der Waals surface area contributed by atoms with Gasteiger partial charge in [-0.1, -0.05) is 65.2 Å². The lowest BCUT2D eigenvalue weighted by Gasteiger charge is -2.08. The lowest BCUT2D eigenvalue weighted by Crippen LogP contribution is -1.94. The minimum atomic E-state index is 0.560. The maximum absolute atomic E-state index is 6.08. The Labute approximate surface area is 105 Å². The van der Waals surface area contributed by atoms with Gasteiger partial charge >= 0.3 is 0 Å². The van der Waals surface area contributed by atoms with E-state index in [0.717, 1.165) is 15.9 Å². The Balaban J connectivity index is 3.01. The molecule has 0 amide bonds. The molecular weight excluding hydrogens is 271 g/mol. The van der Waals surface area contributed by atoms with Crippen LogP contribution in [0, 0.1) is 12.8 Å². The average molecular weight is 288 g/mol. The second-order valence-corrected chi connectivity index (χ2v) is 4.98. The molecule has 0 bridgehead atoms. The average Bonchev–Trinajstić information content (AvgIpc) is 2.19. The quantitative estimate of drug-likeness (QED) is 0.680. The molecule has 0 spiro atoms. The number of allylic oxidation sites excluding steroid dienone is 1. The molecule has 0 atom stereocenters. The molecule has 0 aromatic heterocycles. The molecule has 2 heteroatoms. The van der Waals surface area contributed by atoms with E-state index in [0.29, 0.717) is 5.92 Å². The summed E-state index contributed by atoms with van der Waals surface area (Å²) in [5, 5.41) is 1.75. The summed E-state index contributed by atoms with van der Waals surface area (Å²) in [6.07, 6.45) is 2.20. The summed E-state index contributed by atoms with van der Waals surface area (Å²) in [4.78, 5) is 0. The van der Waals surface area contributed by atoms with Crippen molar-refractivity contribution in [3.63, 3.8) is 0 Å². The van der Waals surface area contributed by atoms with Crippen LogP contribution in [0.3, 0.4) is 0 Å². The highest BCUT2D eigenvalue weighted by atomic mass is 79.9. The van der Waals surface area contributed by atoms with Crippen LogP contribution in [0.1, 0.15) is 25.0 Å². The maximum atomic E-state index is 6.08. The highest BCUT2D eigenvalue weighted by Crippen LogP contribution is 2.21. The highest BCUT2D eigenvalue weighted by Gasteiger charge is 2.02. The molecule has 0 unspecified atom stereocenters. The van der Waals surface area contributed by atoms with E-state index < -0.39 is 0 Å². The van der Waals surface area contributed by atoms with Crippen molar-refractivity contribution in [1.82, 2.24) is 0 Å². The van der Waals surface area contributed by atoms with Crippen molar-refractivity contribution in [3.8, 4) is 0 Å². The molecule has 0 radical (unpaired) electrons. The van der Waals surface area contributed by atoms with E-state index in [1.54, 1.807) is 0 Å². The molecule has 0 nitrogen and oxygen atoms in total. The van der Waals surface area contributed by atoms with Crippen molar-refractivity contribution < 1.29 is 0 Å². The van der Waals surface area contributed by atoms with Crippen LogP contribution in [0.25, 0.3) is 6.08 Å². The number of hydrogen-bond donors (Lipinski definition) is 0. The molecule has 1 aromatic rings. The van der Waals surface area contributed by atoms with Gasteiger partial charge in [0.05, 0.1) is 0 Å². The fraction of sp³-hybridized carbons (Fsp3) is 0.385. The van der Waals surface area contributed by atoms with Crippen molar-refractivity contribution in [3.05, 3.63) is 39.9 Å². The predicted octanol–water partition coefficient (Wildman–Crippen LogP) is 5.08. The van der Waals surface area contributed by atoms with Crippen LogP contribution in [0.15, 0.2) is 23.8 Å². The number of alkyl halides is 1. The lowest BCUT2D eigenvalue weighted by atomic mass is 10.0. The normalized spacial score (nSPS) is 12.3. The smallest absolute Gasteiger partial charge is 0.0441 e. The zero-order chi connectivity index (χ0) is 11.4. The molecule has 15 heavy (non-hydrogen) atoms. The number of hydrogen-bond acceptors (Lipinski definition) is 0. The van der Waals surface area contributed by atoms with Crippen molar-refractivity contribution in [2.45, 2.75) is 20.8 Å². The molecule has 1 rings (SSSR count). The van der Waals surface area contributed by atoms with Gasteiger partial charge in [0.15, 0.2) is 0 Å². The molecule has 0 aliphatic rings. The second kappa shape index (κ2) is 5.72. The van der Waals surface area contributed by atoms with Crippen molar-refractivity contribution >= 4 is 33.6 Å². The summed E-state index contributed by atoms with van der Waals surface area (Å²) in [5.74, 6) is 0.560. The minimum Gasteiger partial charge on any atom is -0.0880 e. The topological polar surface area (TPSA) is 0 Å². The molecular formula is C13H16BrCl. The van der Waals surface area contributed by atoms with Crippen LogP contribution < -0.4 is 0 Å². The predicted molar refractivity (Wildman–Crippen MR) is 72.8 cm³/mol. The van der Waals surface area contributed by atoms with Crippen molar-refractivity contribution in [1.29, 1.82) is 0 Å². The Kier molecular flexibility index (Phi) is 4.88. The van der Waals surface area contributed by atoms with E-state index in [-0.39, 0.29) is 0 Å². The van der Waals surface area contributed by atoms with Gasteiger partial charge in [0, 0.05) is 10.4 Å². The van der Waals surface area contributed by atoms with Gasteiger partial charge in [0.25, 0.3) is 0 Å². The van der Waals surface area contributed by atoms with Gasteiger partial charge in [-0.15, -0.1) is 0 Å². The summed E-state index contributed by atoms with van der Waals surface area (Å²) in [5.41, 5.74) is 3.68. The fourth-order valence-corrected chi connectivity index (χ4v) is 2.27. The molecule has 0 N–H and O–H groups in total. The van der Waals surface area contributed by atoms with Gasteiger partial charge in [-0.25, -0.2) is 0 Å². The number of benzene rings is 1. The Bertz CT molecular complexity index is 367. The summed E-state index contributed by atoms with van der Waals surface area (Å²) >= 11 is 9.58. The molecule has 0 heterocycles. The SMILES string of the molecule is Cc1ccc(/C=C(\CBr)C(C)C)cc1Cl. The van der Waals surface area contributed by atoms with E-state index >= 15 is 0 Å². The molecule has 0 saturated carbocycles. The summed E-state index contributed by atoms with van der Waals surface area (Å²) < 4.78 is 0. The van der Waals surface area contributed by atoms with Gasteiger partial charge in [-0.2, -0.15) is 0 Å². The van der Waals surface area contributed by atoms with Crippen LogP contribution in [-0.2, 0) is 0 Å². The van der Waals surface area contributed by atoms with Crippen molar-refractivity contribution in [2.24, 2.45) is 5.92 Å². The van der Waals surface area contributed by atoms with Crippen LogP contribution in [0.5, 0.6) is 0 Å². The van der Waals surface area contributed by atoms with E-state index in [2.05, 4.69) is 48.0 Å². The molecule has 0 saturated heterocycles. The third-order valence-electron chi connectivity index (χ3n) is 2.44. The first-order valence-corrected chi connectivity index (χ1v) is 6.57. The fourth-order valence-electron chi connectivity index (χ4n) is 1.27. The summed E-state index contributed by atoms with van der Waals surface area (Å²) in [6.45, 7) is 6.41. The second-order valence-electron chi connectivity index (χ2n) is 4.02. The van der Waals surface area contributed by atoms with Crippen LogP contribution in [0.4, 0.5) is 0 Å². The maximum Gasteiger partial charge on any atom is 0.0441 e. The Morgan fingerprint density at radius 3 is 2.60 bits per heavy atom. The van der Waals surface area contributed by atoms with E-state index in [9.17, 15) is 0 Å². The third-order valence-corrected chi connectivity index (χ3v) is 3.50. The largest absolute Gasteiger partial charge is 0.0880 e. The van der Waals surface area contributed by atoms with E-state index in [1.165, 1.54) is 11.1 Å². The Morgan fingerprint density at radius 2 is 2.13 bits per heavy atom. The Hall–Kier alpha value is -0.270. The molecule has 0 fully saturated rings. The van der Waals surface area contributed by atoms with Gasteiger partial charge in [0.1, 0.15) is 0 Å². The van der Waals surface area contributed by atoms with E-state index in [1.807, 2.05) is 13.0 Å². The van der Waals surface area contributed by atoms with Crippen molar-refractivity contribution in [2.75, 3.05) is 5.33 Å². The van der Waals surface area contributed by atoms with E-state index in [4.69, 9.17) is 11.6 Å². The first-order valence-electron chi connectivity index (χ1n) is 5.07. The zero-order valence-electron chi connectivity index (χ0n) is 9.35. The standard InChI is InChI=1S/C13H16BrCl/c1-9(2)12(8-14)6-11-5-4-10(3)13(15)7-11/h4-7,9H,8H2,1-3H3/b12-6+. The number of halogens is 2. The Morgan fingerprint density at radius 1 is 1.47 bits per heavy atom. The summed E-state index contributed by atoms with van der Waals surface area (Å²) in [7, 11) is 0. The number of rotatable bonds is 3. The van der Waals surface area contributed by atoms with Crippen LogP contribution >= 0.6 is 27.5 Å². The first kappa shape index (κ1) is 12.8. The van der Waals surface area contributed by atoms with Gasteiger partial charge in [0.2, 0.25) is 0 Å². The van der Waals surface area contributed by atoms with Crippen LogP contribution in [-0.4, -0.2) is 5.33 Å². The monoisotopic (exact) mass is 286 g/mol. The minimum absolute atomic E-state index is 0.560. The zero-order valence-corrected chi connectivity index (χ0v) is 11.7. The lowest BCUT2D eigenvalue weighted by molar-refractivity contribution is 0.781. The molecule has 82 valence electrons.